The third-order valence-electron chi connectivity index (χ3n) is 2.76. The van der Waals surface area contributed by atoms with Crippen molar-refractivity contribution in [1.29, 1.82) is 5.26 Å². The predicted molar refractivity (Wildman–Crippen MR) is 82.4 cm³/mol. The number of ether oxygens (including phenoxy) is 2. The molecule has 5 nitrogen and oxygen atoms in total. The minimum atomic E-state index is 0.512. The first-order chi connectivity index (χ1) is 10.7. The van der Waals surface area contributed by atoms with Gasteiger partial charge in [-0.1, -0.05) is 0 Å². The zero-order valence-corrected chi connectivity index (χ0v) is 12.5. The lowest BCUT2D eigenvalue weighted by Gasteiger charge is -2.06. The predicted octanol–water partition coefficient (Wildman–Crippen LogP) is 4.30. The molecule has 22 heavy (non-hydrogen) atoms. The van der Waals surface area contributed by atoms with Crippen LogP contribution in [0.4, 0.5) is 0 Å². The van der Waals surface area contributed by atoms with Gasteiger partial charge in [0.05, 0.1) is 11.6 Å². The molecule has 108 valence electrons. The minimum absolute atomic E-state index is 0.512. The maximum atomic E-state index is 8.76. The molecule has 0 spiro atoms. The van der Waals surface area contributed by atoms with Crippen molar-refractivity contribution in [2.75, 3.05) is 0 Å². The Morgan fingerprint density at radius 2 is 1.45 bits per heavy atom. The van der Waals surface area contributed by atoms with E-state index in [0.717, 1.165) is 0 Å². The number of aromatic nitrogens is 2. The van der Waals surface area contributed by atoms with Crippen LogP contribution in [0.2, 0.25) is 0 Å². The number of hydrogen-bond donors (Lipinski definition) is 0. The van der Waals surface area contributed by atoms with Gasteiger partial charge in [-0.05, 0) is 55.5 Å². The van der Waals surface area contributed by atoms with Gasteiger partial charge < -0.3 is 9.47 Å². The van der Waals surface area contributed by atoms with E-state index in [0.29, 0.717) is 33.8 Å². The Morgan fingerprint density at radius 3 is 1.95 bits per heavy atom. The second kappa shape index (κ2) is 6.24. The van der Waals surface area contributed by atoms with Crippen LogP contribution in [-0.4, -0.2) is 9.36 Å². The highest BCUT2D eigenvalue weighted by atomic mass is 32.1. The summed E-state index contributed by atoms with van der Waals surface area (Å²) in [5.41, 5.74) is 0.600. The normalized spacial score (nSPS) is 10.0. The smallest absolute Gasteiger partial charge is 0.298 e. The van der Waals surface area contributed by atoms with Gasteiger partial charge >= 0.3 is 0 Å². The van der Waals surface area contributed by atoms with E-state index in [1.807, 2.05) is 6.92 Å². The van der Waals surface area contributed by atoms with E-state index in [1.54, 1.807) is 48.5 Å². The molecule has 3 rings (SSSR count). The summed E-state index contributed by atoms with van der Waals surface area (Å²) in [7, 11) is 0. The Kier molecular flexibility index (Phi) is 3.99. The highest BCUT2D eigenvalue weighted by Gasteiger charge is 2.04. The van der Waals surface area contributed by atoms with Crippen molar-refractivity contribution in [1.82, 2.24) is 9.36 Å². The third-order valence-corrected chi connectivity index (χ3v) is 3.44. The maximum absolute atomic E-state index is 8.76. The molecular formula is C16H11N3O2S. The van der Waals surface area contributed by atoms with Crippen molar-refractivity contribution in [3.63, 3.8) is 0 Å². The largest absolute Gasteiger partial charge is 0.457 e. The van der Waals surface area contributed by atoms with Crippen LogP contribution in [0.5, 0.6) is 22.4 Å². The van der Waals surface area contributed by atoms with E-state index in [1.165, 1.54) is 11.5 Å². The molecule has 3 aromatic rings. The van der Waals surface area contributed by atoms with Crippen LogP contribution in [0.25, 0.3) is 0 Å². The second-order valence-corrected chi connectivity index (χ2v) is 5.13. The topological polar surface area (TPSA) is 68.0 Å². The molecule has 6 heteroatoms. The second-order valence-electron chi connectivity index (χ2n) is 4.42. The summed E-state index contributed by atoms with van der Waals surface area (Å²) >= 11 is 1.21. The number of nitriles is 1. The highest BCUT2D eigenvalue weighted by molar-refractivity contribution is 7.07. The SMILES string of the molecule is Cc1nsc(Oc2ccc(Oc3ccc(C#N)cc3)cc2)n1. The Balaban J connectivity index is 1.67. The van der Waals surface area contributed by atoms with E-state index in [9.17, 15) is 0 Å². The Morgan fingerprint density at radius 1 is 0.909 bits per heavy atom. The number of benzene rings is 2. The van der Waals surface area contributed by atoms with Crippen LogP contribution in [0.15, 0.2) is 48.5 Å². The van der Waals surface area contributed by atoms with Crippen LogP contribution in [-0.2, 0) is 0 Å². The standard InChI is InChI=1S/C16H11N3O2S/c1-11-18-16(22-19-11)21-15-8-6-14(7-9-15)20-13-4-2-12(10-17)3-5-13/h2-9H,1H3. The van der Waals surface area contributed by atoms with Gasteiger partial charge in [-0.2, -0.15) is 14.6 Å². The zero-order chi connectivity index (χ0) is 15.4. The quantitative estimate of drug-likeness (QED) is 0.718. The Hall–Kier alpha value is -2.91. The third kappa shape index (κ3) is 3.40. The van der Waals surface area contributed by atoms with Crippen molar-refractivity contribution in [2.24, 2.45) is 0 Å². The van der Waals surface area contributed by atoms with Crippen LogP contribution >= 0.6 is 11.5 Å². The van der Waals surface area contributed by atoms with Gasteiger partial charge in [0.15, 0.2) is 0 Å². The van der Waals surface area contributed by atoms with Gasteiger partial charge in [-0.3, -0.25) is 0 Å². The maximum Gasteiger partial charge on any atom is 0.298 e. The van der Waals surface area contributed by atoms with Gasteiger partial charge in [-0.25, -0.2) is 0 Å². The molecule has 0 N–H and O–H groups in total. The first-order valence-electron chi connectivity index (χ1n) is 6.49. The van der Waals surface area contributed by atoms with Gasteiger partial charge in [0, 0.05) is 11.5 Å². The van der Waals surface area contributed by atoms with Crippen LogP contribution < -0.4 is 9.47 Å². The lowest BCUT2D eigenvalue weighted by atomic mass is 10.2. The summed E-state index contributed by atoms with van der Waals surface area (Å²) in [4.78, 5) is 4.14. The van der Waals surface area contributed by atoms with E-state index in [-0.39, 0.29) is 0 Å². The molecule has 0 fully saturated rings. The fraction of sp³-hybridized carbons (Fsp3) is 0.0625. The summed E-state index contributed by atoms with van der Waals surface area (Å²) in [6.07, 6.45) is 0. The monoisotopic (exact) mass is 309 g/mol. The van der Waals surface area contributed by atoms with Crippen LogP contribution in [0, 0.1) is 18.3 Å². The van der Waals surface area contributed by atoms with Crippen LogP contribution in [0.3, 0.4) is 0 Å². The van der Waals surface area contributed by atoms with E-state index < -0.39 is 0 Å². The molecule has 0 saturated carbocycles. The zero-order valence-electron chi connectivity index (χ0n) is 11.7. The summed E-state index contributed by atoms with van der Waals surface area (Å²) in [5, 5.41) is 9.27. The molecule has 0 aliphatic rings. The van der Waals surface area contributed by atoms with Gasteiger partial charge in [0.25, 0.3) is 5.19 Å². The number of nitrogens with zero attached hydrogens (tertiary/aromatic N) is 3. The number of hydrogen-bond acceptors (Lipinski definition) is 6. The van der Waals surface area contributed by atoms with Crippen molar-refractivity contribution < 1.29 is 9.47 Å². The van der Waals surface area contributed by atoms with Crippen molar-refractivity contribution >= 4 is 11.5 Å². The number of rotatable bonds is 4. The fourth-order valence-electron chi connectivity index (χ4n) is 1.73. The van der Waals surface area contributed by atoms with Gasteiger partial charge in [0.2, 0.25) is 0 Å². The van der Waals surface area contributed by atoms with E-state index >= 15 is 0 Å². The van der Waals surface area contributed by atoms with Crippen molar-refractivity contribution in [3.05, 3.63) is 59.9 Å². The lowest BCUT2D eigenvalue weighted by Crippen LogP contribution is -1.86. The molecule has 2 aromatic carbocycles. The summed E-state index contributed by atoms with van der Waals surface area (Å²) in [6, 6.07) is 16.2. The molecule has 0 unspecified atom stereocenters. The molecule has 0 aliphatic carbocycles. The molecule has 0 aliphatic heterocycles. The first-order valence-corrected chi connectivity index (χ1v) is 7.26. The molecule has 0 radical (unpaired) electrons. The first kappa shape index (κ1) is 14.0. The molecule has 1 heterocycles. The Bertz CT molecular complexity index is 805. The summed E-state index contributed by atoms with van der Waals surface area (Å²) in [5.74, 6) is 2.72. The van der Waals surface area contributed by atoms with E-state index in [2.05, 4.69) is 15.4 Å². The van der Waals surface area contributed by atoms with Crippen molar-refractivity contribution in [2.45, 2.75) is 6.92 Å². The molecule has 0 amide bonds. The average molecular weight is 309 g/mol. The number of aryl methyl sites for hydroxylation is 1. The fourth-order valence-corrected chi connectivity index (χ4v) is 2.29. The van der Waals surface area contributed by atoms with E-state index in [4.69, 9.17) is 14.7 Å². The summed E-state index contributed by atoms with van der Waals surface area (Å²) in [6.45, 7) is 1.82. The van der Waals surface area contributed by atoms with Gasteiger partial charge in [0.1, 0.15) is 23.1 Å². The average Bonchev–Trinajstić information content (AvgIpc) is 2.95. The minimum Gasteiger partial charge on any atom is -0.457 e. The molecule has 0 saturated heterocycles. The molecule has 0 atom stereocenters. The molecular weight excluding hydrogens is 298 g/mol. The molecule has 1 aromatic heterocycles. The Labute approximate surface area is 131 Å². The highest BCUT2D eigenvalue weighted by Crippen LogP contribution is 2.27. The van der Waals surface area contributed by atoms with Crippen LogP contribution in [0.1, 0.15) is 11.4 Å². The van der Waals surface area contributed by atoms with Gasteiger partial charge in [-0.15, -0.1) is 0 Å². The molecule has 0 bridgehead atoms. The summed E-state index contributed by atoms with van der Waals surface area (Å²) < 4.78 is 15.3. The lowest BCUT2D eigenvalue weighted by molar-refractivity contribution is 0.467. The van der Waals surface area contributed by atoms with Crippen molar-refractivity contribution in [3.8, 4) is 28.5 Å².